The van der Waals surface area contributed by atoms with Crippen molar-refractivity contribution in [3.63, 3.8) is 0 Å². The van der Waals surface area contributed by atoms with Gasteiger partial charge in [0.15, 0.2) is 0 Å². The topological polar surface area (TPSA) is 53.5 Å². The monoisotopic (exact) mass is 301 g/mol. The van der Waals surface area contributed by atoms with Crippen molar-refractivity contribution in [3.8, 4) is 0 Å². The van der Waals surface area contributed by atoms with Crippen LogP contribution in [0.4, 0.5) is 0 Å². The van der Waals surface area contributed by atoms with Gasteiger partial charge in [-0.3, -0.25) is 10.2 Å². The van der Waals surface area contributed by atoms with E-state index in [-0.39, 0.29) is 11.8 Å². The average Bonchev–Trinajstić information content (AvgIpc) is 2.49. The van der Waals surface area contributed by atoms with E-state index in [2.05, 4.69) is 15.8 Å². The largest absolute Gasteiger partial charge is 0.352 e. The first kappa shape index (κ1) is 18.0. The van der Waals surface area contributed by atoms with E-state index >= 15 is 0 Å². The Morgan fingerprint density at radius 1 is 1.09 bits per heavy atom. The third-order valence-electron chi connectivity index (χ3n) is 3.50. The van der Waals surface area contributed by atoms with Gasteiger partial charge in [0.05, 0.1) is 5.71 Å². The molecule has 0 spiro atoms. The summed E-state index contributed by atoms with van der Waals surface area (Å²) in [6.45, 7) is 12.4. The minimum Gasteiger partial charge on any atom is -0.352 e. The van der Waals surface area contributed by atoms with Crippen LogP contribution in [0.1, 0.15) is 52.7 Å². The van der Waals surface area contributed by atoms with Crippen LogP contribution in [-0.2, 0) is 11.3 Å². The number of hydrogen-bond acceptors (Lipinski definition) is 3. The molecule has 4 heteroatoms. The summed E-state index contributed by atoms with van der Waals surface area (Å²) in [4.78, 5) is 11.6. The molecule has 4 nitrogen and oxygen atoms in total. The SMILES string of the molecule is CC(C)=C(C)N/N=C(\C)c1ccc(CNC(=O)C(C)C)cc1. The molecule has 120 valence electrons. The predicted molar refractivity (Wildman–Crippen MR) is 92.5 cm³/mol. The molecule has 0 aliphatic carbocycles. The zero-order chi connectivity index (χ0) is 16.7. The first-order valence-corrected chi connectivity index (χ1v) is 7.62. The fraction of sp³-hybridized carbons (Fsp3) is 0.444. The van der Waals surface area contributed by atoms with Crippen LogP contribution in [0.2, 0.25) is 0 Å². The lowest BCUT2D eigenvalue weighted by atomic mass is 10.1. The molecule has 0 aromatic heterocycles. The molecular weight excluding hydrogens is 274 g/mol. The Morgan fingerprint density at radius 2 is 1.68 bits per heavy atom. The van der Waals surface area contributed by atoms with Crippen molar-refractivity contribution in [3.05, 3.63) is 46.7 Å². The number of nitrogens with zero attached hydrogens (tertiary/aromatic N) is 1. The highest BCUT2D eigenvalue weighted by Crippen LogP contribution is 2.07. The van der Waals surface area contributed by atoms with E-state index in [1.165, 1.54) is 5.57 Å². The summed E-state index contributed by atoms with van der Waals surface area (Å²) in [6.07, 6.45) is 0. The van der Waals surface area contributed by atoms with Crippen molar-refractivity contribution in [1.82, 2.24) is 10.7 Å². The Hall–Kier alpha value is -2.10. The lowest BCUT2D eigenvalue weighted by molar-refractivity contribution is -0.124. The molecule has 22 heavy (non-hydrogen) atoms. The third kappa shape index (κ3) is 5.72. The molecule has 1 aromatic carbocycles. The molecule has 0 radical (unpaired) electrons. The van der Waals surface area contributed by atoms with Crippen molar-refractivity contribution in [2.45, 2.75) is 48.1 Å². The number of nitrogens with one attached hydrogen (secondary N) is 2. The molecule has 1 amide bonds. The van der Waals surface area contributed by atoms with Gasteiger partial charge < -0.3 is 5.32 Å². The van der Waals surface area contributed by atoms with Gasteiger partial charge in [0.1, 0.15) is 0 Å². The van der Waals surface area contributed by atoms with Crippen molar-refractivity contribution in [2.75, 3.05) is 0 Å². The van der Waals surface area contributed by atoms with Gasteiger partial charge >= 0.3 is 0 Å². The lowest BCUT2D eigenvalue weighted by Gasteiger charge is -2.09. The van der Waals surface area contributed by atoms with E-state index in [4.69, 9.17) is 0 Å². The van der Waals surface area contributed by atoms with Gasteiger partial charge in [-0.05, 0) is 38.8 Å². The minimum absolute atomic E-state index is 0.0121. The molecule has 0 saturated heterocycles. The summed E-state index contributed by atoms with van der Waals surface area (Å²) < 4.78 is 0. The lowest BCUT2D eigenvalue weighted by Crippen LogP contribution is -2.27. The normalized spacial score (nSPS) is 11.3. The quantitative estimate of drug-likeness (QED) is 0.623. The number of carbonyl (C=O) groups excluding carboxylic acids is 1. The van der Waals surface area contributed by atoms with Crippen LogP contribution < -0.4 is 10.7 Å². The second-order valence-electron chi connectivity index (χ2n) is 6.00. The van der Waals surface area contributed by atoms with Crippen molar-refractivity contribution >= 4 is 11.6 Å². The Balaban J connectivity index is 2.66. The Labute approximate surface area is 133 Å². The zero-order valence-electron chi connectivity index (χ0n) is 14.4. The van der Waals surface area contributed by atoms with Crippen LogP contribution >= 0.6 is 0 Å². The standard InChI is InChI=1S/C18H27N3O/c1-12(2)14(5)20-21-15(6)17-9-7-16(8-10-17)11-19-18(22)13(3)4/h7-10,13,20H,11H2,1-6H3,(H,19,22)/b21-15+. The molecule has 0 aliphatic heterocycles. The van der Waals surface area contributed by atoms with Crippen molar-refractivity contribution in [2.24, 2.45) is 11.0 Å². The molecule has 0 bridgehead atoms. The van der Waals surface area contributed by atoms with E-state index in [0.29, 0.717) is 6.54 Å². The van der Waals surface area contributed by atoms with Crippen LogP contribution in [0, 0.1) is 5.92 Å². The molecule has 0 atom stereocenters. The molecule has 0 unspecified atom stereocenters. The number of hydrazone groups is 1. The molecular formula is C18H27N3O. The fourth-order valence-electron chi connectivity index (χ4n) is 1.60. The molecule has 0 saturated carbocycles. The van der Waals surface area contributed by atoms with Crippen molar-refractivity contribution in [1.29, 1.82) is 0 Å². The Bertz CT molecular complexity index is 564. The smallest absolute Gasteiger partial charge is 0.222 e. The fourth-order valence-corrected chi connectivity index (χ4v) is 1.60. The molecule has 1 aromatic rings. The van der Waals surface area contributed by atoms with Gasteiger partial charge in [-0.25, -0.2) is 0 Å². The molecule has 0 heterocycles. The number of amides is 1. The Morgan fingerprint density at radius 3 is 2.18 bits per heavy atom. The van der Waals surface area contributed by atoms with Gasteiger partial charge in [0.25, 0.3) is 0 Å². The van der Waals surface area contributed by atoms with Crippen molar-refractivity contribution < 1.29 is 4.79 Å². The van der Waals surface area contributed by atoms with E-state index < -0.39 is 0 Å². The van der Waals surface area contributed by atoms with E-state index in [1.54, 1.807) is 0 Å². The summed E-state index contributed by atoms with van der Waals surface area (Å²) in [5.74, 6) is 0.0845. The molecule has 1 rings (SSSR count). The number of benzene rings is 1. The zero-order valence-corrected chi connectivity index (χ0v) is 14.4. The highest BCUT2D eigenvalue weighted by molar-refractivity contribution is 5.98. The Kier molecular flexibility index (Phi) is 6.83. The number of hydrogen-bond donors (Lipinski definition) is 2. The summed E-state index contributed by atoms with van der Waals surface area (Å²) in [5, 5.41) is 7.29. The van der Waals surface area contributed by atoms with Gasteiger partial charge in [0.2, 0.25) is 5.91 Å². The van der Waals surface area contributed by atoms with E-state index in [9.17, 15) is 4.79 Å². The third-order valence-corrected chi connectivity index (χ3v) is 3.50. The highest BCUT2D eigenvalue weighted by Gasteiger charge is 2.06. The second kappa shape index (κ2) is 8.37. The van der Waals surface area contributed by atoms with Gasteiger partial charge in [-0.2, -0.15) is 5.10 Å². The maximum absolute atomic E-state index is 11.6. The van der Waals surface area contributed by atoms with Crippen LogP contribution in [0.25, 0.3) is 0 Å². The van der Waals surface area contributed by atoms with Crippen LogP contribution in [0.15, 0.2) is 40.6 Å². The first-order chi connectivity index (χ1) is 10.3. The highest BCUT2D eigenvalue weighted by atomic mass is 16.1. The van der Waals surface area contributed by atoms with Gasteiger partial charge in [-0.1, -0.05) is 43.7 Å². The van der Waals surface area contributed by atoms with E-state index in [1.807, 2.05) is 65.8 Å². The maximum Gasteiger partial charge on any atom is 0.222 e. The minimum atomic E-state index is 0.0121. The number of rotatable bonds is 6. The van der Waals surface area contributed by atoms with Crippen LogP contribution in [0.3, 0.4) is 0 Å². The second-order valence-corrected chi connectivity index (χ2v) is 6.00. The number of carbonyl (C=O) groups is 1. The summed E-state index contributed by atoms with van der Waals surface area (Å²) in [7, 11) is 0. The summed E-state index contributed by atoms with van der Waals surface area (Å²) in [5.41, 5.74) is 8.41. The predicted octanol–water partition coefficient (Wildman–Crippen LogP) is 3.59. The summed E-state index contributed by atoms with van der Waals surface area (Å²) >= 11 is 0. The maximum atomic E-state index is 11.6. The number of allylic oxidation sites excluding steroid dienone is 2. The van der Waals surface area contributed by atoms with Gasteiger partial charge in [0, 0.05) is 18.2 Å². The average molecular weight is 301 g/mol. The molecule has 0 fully saturated rings. The van der Waals surface area contributed by atoms with Gasteiger partial charge in [-0.15, -0.1) is 0 Å². The van der Waals surface area contributed by atoms with Crippen LogP contribution in [-0.4, -0.2) is 11.6 Å². The van der Waals surface area contributed by atoms with Crippen LogP contribution in [0.5, 0.6) is 0 Å². The summed E-state index contributed by atoms with van der Waals surface area (Å²) in [6, 6.07) is 8.08. The first-order valence-electron chi connectivity index (χ1n) is 7.62. The molecule has 0 aliphatic rings. The van der Waals surface area contributed by atoms with E-state index in [0.717, 1.165) is 22.5 Å². The molecule has 2 N–H and O–H groups in total.